The topological polar surface area (TPSA) is 63.2 Å². The Morgan fingerprint density at radius 1 is 1.35 bits per heavy atom. The van der Waals surface area contributed by atoms with Crippen molar-refractivity contribution in [3.8, 4) is 0 Å². The van der Waals surface area contributed by atoms with Gasteiger partial charge in [-0.2, -0.15) is 0 Å². The molecule has 1 aliphatic heterocycles. The first-order valence-electron chi connectivity index (χ1n) is 5.47. The summed E-state index contributed by atoms with van der Waals surface area (Å²) in [5.74, 6) is -0.369. The van der Waals surface area contributed by atoms with Gasteiger partial charge in [0.05, 0.1) is 13.2 Å². The monoisotopic (exact) mass is 248 g/mol. The summed E-state index contributed by atoms with van der Waals surface area (Å²) in [5, 5.41) is 0. The lowest BCUT2D eigenvalue weighted by Crippen LogP contribution is -2.44. The summed E-state index contributed by atoms with van der Waals surface area (Å²) in [4.78, 5) is 11.0. The molecule has 17 heavy (non-hydrogen) atoms. The Hall–Kier alpha value is -0.690. The Morgan fingerprint density at radius 3 is 2.53 bits per heavy atom. The van der Waals surface area contributed by atoms with Gasteiger partial charge in [-0.05, 0) is 0 Å². The van der Waals surface area contributed by atoms with Crippen molar-refractivity contribution in [2.24, 2.45) is 0 Å². The van der Waals surface area contributed by atoms with Crippen molar-refractivity contribution in [1.82, 2.24) is 0 Å². The van der Waals surface area contributed by atoms with Crippen molar-refractivity contribution in [2.45, 2.75) is 31.3 Å². The number of carbonyl (C=O) groups excluding carboxylic acids is 1. The van der Waals surface area contributed by atoms with Gasteiger partial charge in [0.2, 0.25) is 0 Å². The maximum atomic E-state index is 11.0. The van der Waals surface area contributed by atoms with E-state index in [-0.39, 0.29) is 30.9 Å². The molecule has 1 fully saturated rings. The van der Waals surface area contributed by atoms with Gasteiger partial charge >= 0.3 is 5.97 Å². The van der Waals surface area contributed by atoms with Gasteiger partial charge in [-0.15, -0.1) is 0 Å². The van der Waals surface area contributed by atoms with Crippen LogP contribution in [0.5, 0.6) is 0 Å². The van der Waals surface area contributed by atoms with E-state index in [0.29, 0.717) is 6.61 Å². The third-order valence-electron chi connectivity index (χ3n) is 2.73. The summed E-state index contributed by atoms with van der Waals surface area (Å²) >= 11 is 0. The molecule has 100 valence electrons. The Balaban J connectivity index is 2.68. The zero-order valence-corrected chi connectivity index (χ0v) is 10.7. The van der Waals surface area contributed by atoms with Crippen LogP contribution in [0.25, 0.3) is 0 Å². The van der Waals surface area contributed by atoms with Crippen molar-refractivity contribution >= 4 is 5.97 Å². The summed E-state index contributed by atoms with van der Waals surface area (Å²) in [5.41, 5.74) is 0. The van der Waals surface area contributed by atoms with E-state index in [1.54, 1.807) is 21.3 Å². The molecule has 0 aliphatic carbocycles. The normalized spacial score (nSPS) is 30.2. The van der Waals surface area contributed by atoms with E-state index in [1.807, 2.05) is 0 Å². The predicted octanol–water partition coefficient (Wildman–Crippen LogP) is -0.00670. The standard InChI is InChI=1S/C11H20O6/c1-7(12)17-9(5-13-2)11-10(15-4)8(14-3)6-16-11/h8-11H,5-6H2,1-4H3. The zero-order chi connectivity index (χ0) is 12.8. The third kappa shape index (κ3) is 3.64. The smallest absolute Gasteiger partial charge is 0.303 e. The van der Waals surface area contributed by atoms with E-state index >= 15 is 0 Å². The number of ether oxygens (including phenoxy) is 5. The number of hydrogen-bond donors (Lipinski definition) is 0. The molecule has 0 spiro atoms. The highest BCUT2D eigenvalue weighted by Crippen LogP contribution is 2.24. The molecular formula is C11H20O6. The van der Waals surface area contributed by atoms with Gasteiger partial charge in [0.15, 0.2) is 6.10 Å². The van der Waals surface area contributed by atoms with E-state index in [9.17, 15) is 4.79 Å². The minimum absolute atomic E-state index is 0.153. The fourth-order valence-corrected chi connectivity index (χ4v) is 1.99. The van der Waals surface area contributed by atoms with Crippen molar-refractivity contribution in [3.05, 3.63) is 0 Å². The first kappa shape index (κ1) is 14.4. The molecule has 4 unspecified atom stereocenters. The van der Waals surface area contributed by atoms with Crippen LogP contribution in [-0.4, -0.2) is 64.9 Å². The summed E-state index contributed by atoms with van der Waals surface area (Å²) in [7, 11) is 4.72. The second-order valence-corrected chi connectivity index (χ2v) is 3.88. The van der Waals surface area contributed by atoms with Crippen LogP contribution in [0.3, 0.4) is 0 Å². The van der Waals surface area contributed by atoms with E-state index in [4.69, 9.17) is 23.7 Å². The molecule has 1 rings (SSSR count). The van der Waals surface area contributed by atoms with E-state index < -0.39 is 6.10 Å². The molecular weight excluding hydrogens is 228 g/mol. The van der Waals surface area contributed by atoms with Gasteiger partial charge in [0.1, 0.15) is 18.3 Å². The van der Waals surface area contributed by atoms with Gasteiger partial charge in [-0.3, -0.25) is 4.79 Å². The third-order valence-corrected chi connectivity index (χ3v) is 2.73. The van der Waals surface area contributed by atoms with Crippen molar-refractivity contribution in [3.63, 3.8) is 0 Å². The summed E-state index contributed by atoms with van der Waals surface area (Å²) in [6, 6.07) is 0. The van der Waals surface area contributed by atoms with Gasteiger partial charge in [0.25, 0.3) is 0 Å². The van der Waals surface area contributed by atoms with Crippen LogP contribution in [0.15, 0.2) is 0 Å². The summed E-state index contributed by atoms with van der Waals surface area (Å²) in [6.45, 7) is 2.04. The molecule has 0 saturated carbocycles. The van der Waals surface area contributed by atoms with Gasteiger partial charge < -0.3 is 23.7 Å². The van der Waals surface area contributed by atoms with Crippen molar-refractivity contribution < 1.29 is 28.5 Å². The molecule has 0 amide bonds. The highest BCUT2D eigenvalue weighted by atomic mass is 16.6. The molecule has 0 bridgehead atoms. The molecule has 0 aromatic carbocycles. The van der Waals surface area contributed by atoms with E-state index in [1.165, 1.54) is 6.92 Å². The van der Waals surface area contributed by atoms with Crippen LogP contribution in [-0.2, 0) is 28.5 Å². The average molecular weight is 248 g/mol. The van der Waals surface area contributed by atoms with Crippen LogP contribution in [0.4, 0.5) is 0 Å². The number of carbonyl (C=O) groups is 1. The lowest BCUT2D eigenvalue weighted by atomic mass is 10.1. The molecule has 1 aliphatic rings. The molecule has 0 N–H and O–H groups in total. The first-order chi connectivity index (χ1) is 8.13. The van der Waals surface area contributed by atoms with E-state index in [0.717, 1.165) is 0 Å². The lowest BCUT2D eigenvalue weighted by Gasteiger charge is -2.27. The maximum absolute atomic E-state index is 11.0. The lowest BCUT2D eigenvalue weighted by molar-refractivity contribution is -0.162. The highest BCUT2D eigenvalue weighted by Gasteiger charge is 2.43. The Kier molecular flexibility index (Phi) is 5.84. The van der Waals surface area contributed by atoms with Gasteiger partial charge in [-0.1, -0.05) is 0 Å². The van der Waals surface area contributed by atoms with Crippen LogP contribution in [0.1, 0.15) is 6.92 Å². The molecule has 4 atom stereocenters. The average Bonchev–Trinajstić information content (AvgIpc) is 2.70. The number of esters is 1. The number of rotatable bonds is 6. The van der Waals surface area contributed by atoms with Crippen LogP contribution >= 0.6 is 0 Å². The second kappa shape index (κ2) is 6.90. The van der Waals surface area contributed by atoms with Gasteiger partial charge in [0, 0.05) is 28.3 Å². The molecule has 0 aromatic rings. The van der Waals surface area contributed by atoms with Crippen molar-refractivity contribution in [1.29, 1.82) is 0 Å². The van der Waals surface area contributed by atoms with Crippen LogP contribution < -0.4 is 0 Å². The Morgan fingerprint density at radius 2 is 2.06 bits per heavy atom. The first-order valence-corrected chi connectivity index (χ1v) is 5.47. The van der Waals surface area contributed by atoms with E-state index in [2.05, 4.69) is 0 Å². The maximum Gasteiger partial charge on any atom is 0.303 e. The second-order valence-electron chi connectivity index (χ2n) is 3.88. The fraction of sp³-hybridized carbons (Fsp3) is 0.909. The SMILES string of the molecule is COCC(OC(C)=O)C1OCC(OC)C1OC. The minimum atomic E-state index is -0.484. The molecule has 6 heteroatoms. The zero-order valence-electron chi connectivity index (χ0n) is 10.7. The summed E-state index contributed by atoms with van der Waals surface area (Å²) in [6.07, 6.45) is -1.27. The van der Waals surface area contributed by atoms with Gasteiger partial charge in [-0.25, -0.2) is 0 Å². The summed E-state index contributed by atoms with van der Waals surface area (Å²) < 4.78 is 26.4. The molecule has 0 aromatic heterocycles. The number of methoxy groups -OCH3 is 3. The largest absolute Gasteiger partial charge is 0.457 e. The number of hydrogen-bond acceptors (Lipinski definition) is 6. The van der Waals surface area contributed by atoms with Crippen molar-refractivity contribution in [2.75, 3.05) is 34.5 Å². The van der Waals surface area contributed by atoms with Crippen LogP contribution in [0.2, 0.25) is 0 Å². The fourth-order valence-electron chi connectivity index (χ4n) is 1.99. The quantitative estimate of drug-likeness (QED) is 0.616. The minimum Gasteiger partial charge on any atom is -0.457 e. The molecule has 1 heterocycles. The molecule has 1 saturated heterocycles. The Labute approximate surface area is 101 Å². The molecule has 6 nitrogen and oxygen atoms in total. The Bertz CT molecular complexity index is 244. The molecule has 0 radical (unpaired) electrons. The highest BCUT2D eigenvalue weighted by molar-refractivity contribution is 5.66. The predicted molar refractivity (Wildman–Crippen MR) is 58.8 cm³/mol. The van der Waals surface area contributed by atoms with Crippen LogP contribution in [0, 0.1) is 0 Å².